The minimum Gasteiger partial charge on any atom is -0.310 e. The molecule has 3 aromatic rings. The Bertz CT molecular complexity index is 824. The van der Waals surface area contributed by atoms with E-state index in [0.717, 1.165) is 11.1 Å². The summed E-state index contributed by atoms with van der Waals surface area (Å²) in [5, 5.41) is 1.24. The van der Waals surface area contributed by atoms with Crippen LogP contribution < -0.4 is 5.56 Å². The minimum absolute atomic E-state index is 0.128. The lowest BCUT2D eigenvalue weighted by Gasteiger charge is -2.05. The van der Waals surface area contributed by atoms with Crippen LogP contribution in [0.2, 0.25) is 5.02 Å². The minimum atomic E-state index is -0.128. The molecule has 94 valence electrons. The summed E-state index contributed by atoms with van der Waals surface area (Å²) in [5.74, 6) is 0.614. The Balaban J connectivity index is 2.28. The molecule has 0 saturated carbocycles. The zero-order valence-electron chi connectivity index (χ0n) is 10.3. The van der Waals surface area contributed by atoms with Crippen molar-refractivity contribution >= 4 is 22.5 Å². The number of benzene rings is 2. The molecule has 0 bridgehead atoms. The first-order valence-electron chi connectivity index (χ1n) is 5.91. The van der Waals surface area contributed by atoms with Gasteiger partial charge in [0.1, 0.15) is 5.82 Å². The number of nitrogens with zero attached hydrogens (tertiary/aromatic N) is 1. The lowest BCUT2D eigenvalue weighted by Crippen LogP contribution is -2.09. The van der Waals surface area contributed by atoms with Crippen LogP contribution in [0, 0.1) is 6.92 Å². The SMILES string of the molecule is Cc1nc2ccc(-c3ccccc3Cl)cc2c(=O)[nH]1. The Morgan fingerprint density at radius 2 is 1.95 bits per heavy atom. The van der Waals surface area contributed by atoms with Crippen LogP contribution >= 0.6 is 11.6 Å². The smallest absolute Gasteiger partial charge is 0.258 e. The fraction of sp³-hybridized carbons (Fsp3) is 0.0667. The average Bonchev–Trinajstić information content (AvgIpc) is 2.39. The van der Waals surface area contributed by atoms with Gasteiger partial charge in [-0.05, 0) is 30.7 Å². The molecule has 0 aliphatic rings. The summed E-state index contributed by atoms with van der Waals surface area (Å²) in [6.45, 7) is 1.77. The van der Waals surface area contributed by atoms with Crippen LogP contribution in [0.1, 0.15) is 5.82 Å². The third kappa shape index (κ3) is 2.13. The number of nitrogens with one attached hydrogen (secondary N) is 1. The topological polar surface area (TPSA) is 45.8 Å². The highest BCUT2D eigenvalue weighted by Gasteiger charge is 2.06. The summed E-state index contributed by atoms with van der Waals surface area (Å²) in [6.07, 6.45) is 0. The van der Waals surface area contributed by atoms with Crippen LogP contribution in [0.5, 0.6) is 0 Å². The predicted octanol–water partition coefficient (Wildman–Crippen LogP) is 3.55. The maximum absolute atomic E-state index is 11.9. The van der Waals surface area contributed by atoms with Gasteiger partial charge in [0.05, 0.1) is 10.9 Å². The lowest BCUT2D eigenvalue weighted by molar-refractivity contribution is 1.06. The van der Waals surface area contributed by atoms with Gasteiger partial charge in [0.2, 0.25) is 0 Å². The number of rotatable bonds is 1. The van der Waals surface area contributed by atoms with Gasteiger partial charge in [-0.2, -0.15) is 0 Å². The normalized spacial score (nSPS) is 10.8. The van der Waals surface area contributed by atoms with E-state index < -0.39 is 0 Å². The highest BCUT2D eigenvalue weighted by Crippen LogP contribution is 2.28. The van der Waals surface area contributed by atoms with Crippen molar-refractivity contribution in [3.05, 3.63) is 63.7 Å². The third-order valence-electron chi connectivity index (χ3n) is 3.01. The van der Waals surface area contributed by atoms with E-state index in [1.165, 1.54) is 0 Å². The zero-order valence-corrected chi connectivity index (χ0v) is 11.0. The Labute approximate surface area is 114 Å². The molecule has 3 rings (SSSR count). The number of H-pyrrole nitrogens is 1. The van der Waals surface area contributed by atoms with E-state index in [9.17, 15) is 4.79 Å². The second kappa shape index (κ2) is 4.52. The van der Waals surface area contributed by atoms with Gasteiger partial charge in [-0.1, -0.05) is 35.9 Å². The Hall–Kier alpha value is -2.13. The first kappa shape index (κ1) is 11.9. The summed E-state index contributed by atoms with van der Waals surface area (Å²) in [7, 11) is 0. The summed E-state index contributed by atoms with van der Waals surface area (Å²) in [4.78, 5) is 19.0. The first-order valence-corrected chi connectivity index (χ1v) is 6.28. The van der Waals surface area contributed by atoms with Gasteiger partial charge in [0.25, 0.3) is 5.56 Å². The largest absolute Gasteiger partial charge is 0.310 e. The first-order chi connectivity index (χ1) is 9.15. The lowest BCUT2D eigenvalue weighted by atomic mass is 10.0. The Kier molecular flexibility index (Phi) is 2.84. The van der Waals surface area contributed by atoms with Crippen molar-refractivity contribution in [2.75, 3.05) is 0 Å². The van der Waals surface area contributed by atoms with E-state index in [-0.39, 0.29) is 5.56 Å². The molecule has 0 aliphatic carbocycles. The van der Waals surface area contributed by atoms with E-state index in [2.05, 4.69) is 9.97 Å². The number of aromatic nitrogens is 2. The number of aryl methyl sites for hydroxylation is 1. The fourth-order valence-electron chi connectivity index (χ4n) is 2.12. The summed E-state index contributed by atoms with van der Waals surface area (Å²) >= 11 is 6.17. The van der Waals surface area contributed by atoms with Crippen LogP contribution in [0.25, 0.3) is 22.0 Å². The molecule has 0 radical (unpaired) electrons. The fourth-order valence-corrected chi connectivity index (χ4v) is 2.36. The van der Waals surface area contributed by atoms with E-state index in [4.69, 9.17) is 11.6 Å². The molecular formula is C15H11ClN2O. The van der Waals surface area contributed by atoms with E-state index >= 15 is 0 Å². The maximum atomic E-state index is 11.9. The second-order valence-electron chi connectivity index (χ2n) is 4.36. The number of halogens is 1. The third-order valence-corrected chi connectivity index (χ3v) is 3.34. The molecule has 3 nitrogen and oxygen atoms in total. The zero-order chi connectivity index (χ0) is 13.4. The molecule has 0 fully saturated rings. The standard InChI is InChI=1S/C15H11ClN2O/c1-9-17-14-7-6-10(8-12(14)15(19)18-9)11-4-2-3-5-13(11)16/h2-8H,1H3,(H,17,18,19). The molecule has 0 unspecified atom stereocenters. The molecule has 0 atom stereocenters. The van der Waals surface area contributed by atoms with Gasteiger partial charge in [0.15, 0.2) is 0 Å². The van der Waals surface area contributed by atoms with Crippen LogP contribution in [-0.2, 0) is 0 Å². The van der Waals surface area contributed by atoms with Crippen molar-refractivity contribution in [3.63, 3.8) is 0 Å². The molecule has 0 saturated heterocycles. The number of aromatic amines is 1. The van der Waals surface area contributed by atoms with Crippen molar-refractivity contribution < 1.29 is 0 Å². The van der Waals surface area contributed by atoms with Crippen LogP contribution in [0.15, 0.2) is 47.3 Å². The maximum Gasteiger partial charge on any atom is 0.258 e. The second-order valence-corrected chi connectivity index (χ2v) is 4.77. The van der Waals surface area contributed by atoms with Gasteiger partial charge in [-0.3, -0.25) is 4.79 Å². The average molecular weight is 271 g/mol. The molecule has 0 spiro atoms. The van der Waals surface area contributed by atoms with Crippen molar-refractivity contribution in [2.24, 2.45) is 0 Å². The molecular weight excluding hydrogens is 260 g/mol. The number of hydrogen-bond acceptors (Lipinski definition) is 2. The van der Waals surface area contributed by atoms with Crippen molar-refractivity contribution in [1.29, 1.82) is 0 Å². The van der Waals surface area contributed by atoms with Crippen LogP contribution in [0.4, 0.5) is 0 Å². The van der Waals surface area contributed by atoms with E-state index in [1.54, 1.807) is 6.92 Å². The van der Waals surface area contributed by atoms with Gasteiger partial charge in [-0.25, -0.2) is 4.98 Å². The van der Waals surface area contributed by atoms with Gasteiger partial charge in [-0.15, -0.1) is 0 Å². The molecule has 1 aromatic heterocycles. The quantitative estimate of drug-likeness (QED) is 0.735. The molecule has 0 aliphatic heterocycles. The van der Waals surface area contributed by atoms with Crippen LogP contribution in [-0.4, -0.2) is 9.97 Å². The molecule has 1 heterocycles. The molecule has 19 heavy (non-hydrogen) atoms. The monoisotopic (exact) mass is 270 g/mol. The molecule has 0 amide bonds. The highest BCUT2D eigenvalue weighted by atomic mass is 35.5. The van der Waals surface area contributed by atoms with Gasteiger partial charge in [0, 0.05) is 10.6 Å². The summed E-state index contributed by atoms with van der Waals surface area (Å²) in [5.41, 5.74) is 2.38. The van der Waals surface area contributed by atoms with Gasteiger partial charge < -0.3 is 4.98 Å². The molecule has 1 N–H and O–H groups in total. The Morgan fingerprint density at radius 3 is 2.74 bits per heavy atom. The Morgan fingerprint density at radius 1 is 1.16 bits per heavy atom. The van der Waals surface area contributed by atoms with Crippen molar-refractivity contribution in [1.82, 2.24) is 9.97 Å². The summed E-state index contributed by atoms with van der Waals surface area (Å²) in [6, 6.07) is 13.2. The summed E-state index contributed by atoms with van der Waals surface area (Å²) < 4.78 is 0. The molecule has 2 aromatic carbocycles. The van der Waals surface area contributed by atoms with Crippen LogP contribution in [0.3, 0.4) is 0 Å². The van der Waals surface area contributed by atoms with Gasteiger partial charge >= 0.3 is 0 Å². The highest BCUT2D eigenvalue weighted by molar-refractivity contribution is 6.33. The number of hydrogen-bond donors (Lipinski definition) is 1. The van der Waals surface area contributed by atoms with E-state index in [1.807, 2.05) is 42.5 Å². The molecule has 4 heteroatoms. The van der Waals surface area contributed by atoms with E-state index in [0.29, 0.717) is 21.7 Å². The predicted molar refractivity (Wildman–Crippen MR) is 77.5 cm³/mol. The van der Waals surface area contributed by atoms with Crippen molar-refractivity contribution in [2.45, 2.75) is 6.92 Å². The number of fused-ring (bicyclic) bond motifs is 1. The van der Waals surface area contributed by atoms with Crippen molar-refractivity contribution in [3.8, 4) is 11.1 Å².